The summed E-state index contributed by atoms with van der Waals surface area (Å²) >= 11 is 0. The standard InChI is InChI=1S/C20H19N5/c1-15-13-19(22-12-11-16-5-3-2-4-6-16)25-20(23-15)24-18-9-7-17(14-21)8-10-18/h2-10,13H,11-12H2,1H3,(H2,22,23,24,25). The molecule has 0 saturated heterocycles. The second-order valence-electron chi connectivity index (χ2n) is 5.69. The number of aromatic nitrogens is 2. The van der Waals surface area contributed by atoms with Crippen molar-refractivity contribution in [2.75, 3.05) is 17.2 Å². The summed E-state index contributed by atoms with van der Waals surface area (Å²) in [5.41, 5.74) is 3.64. The summed E-state index contributed by atoms with van der Waals surface area (Å²) in [6, 6.07) is 21.6. The molecule has 0 fully saturated rings. The fourth-order valence-corrected chi connectivity index (χ4v) is 2.45. The van der Waals surface area contributed by atoms with Crippen LogP contribution in [0.5, 0.6) is 0 Å². The minimum absolute atomic E-state index is 0.534. The zero-order chi connectivity index (χ0) is 17.5. The van der Waals surface area contributed by atoms with Gasteiger partial charge in [0.2, 0.25) is 5.95 Å². The normalized spacial score (nSPS) is 10.1. The van der Waals surface area contributed by atoms with E-state index >= 15 is 0 Å². The van der Waals surface area contributed by atoms with Crippen molar-refractivity contribution >= 4 is 17.5 Å². The van der Waals surface area contributed by atoms with Crippen LogP contribution in [0.2, 0.25) is 0 Å². The summed E-state index contributed by atoms with van der Waals surface area (Å²) in [6.07, 6.45) is 0.933. The summed E-state index contributed by atoms with van der Waals surface area (Å²) in [4.78, 5) is 8.92. The molecule has 2 aromatic carbocycles. The monoisotopic (exact) mass is 329 g/mol. The Morgan fingerprint density at radius 3 is 2.48 bits per heavy atom. The molecule has 3 rings (SSSR count). The molecule has 0 bridgehead atoms. The maximum atomic E-state index is 8.85. The lowest BCUT2D eigenvalue weighted by Gasteiger charge is -2.10. The number of anilines is 3. The Morgan fingerprint density at radius 2 is 1.76 bits per heavy atom. The molecule has 2 N–H and O–H groups in total. The number of aryl methyl sites for hydroxylation is 1. The summed E-state index contributed by atoms with van der Waals surface area (Å²) in [7, 11) is 0. The smallest absolute Gasteiger partial charge is 0.229 e. The lowest BCUT2D eigenvalue weighted by atomic mass is 10.1. The van der Waals surface area contributed by atoms with Gasteiger partial charge in [-0.25, -0.2) is 4.98 Å². The molecular weight excluding hydrogens is 310 g/mol. The highest BCUT2D eigenvalue weighted by Crippen LogP contribution is 2.16. The van der Waals surface area contributed by atoms with Crippen LogP contribution in [0.1, 0.15) is 16.8 Å². The van der Waals surface area contributed by atoms with Crippen molar-refractivity contribution in [3.63, 3.8) is 0 Å². The Kier molecular flexibility index (Phi) is 5.22. The van der Waals surface area contributed by atoms with Gasteiger partial charge in [0.25, 0.3) is 0 Å². The molecule has 0 saturated carbocycles. The van der Waals surface area contributed by atoms with E-state index in [9.17, 15) is 0 Å². The molecule has 0 unspecified atom stereocenters. The van der Waals surface area contributed by atoms with E-state index in [2.05, 4.69) is 38.8 Å². The van der Waals surface area contributed by atoms with Gasteiger partial charge in [-0.15, -0.1) is 0 Å². The van der Waals surface area contributed by atoms with Crippen molar-refractivity contribution < 1.29 is 0 Å². The van der Waals surface area contributed by atoms with Gasteiger partial charge in [-0.05, 0) is 43.2 Å². The van der Waals surface area contributed by atoms with Crippen LogP contribution in [0.25, 0.3) is 0 Å². The van der Waals surface area contributed by atoms with Crippen LogP contribution in [-0.2, 0) is 6.42 Å². The molecule has 0 aliphatic carbocycles. The molecule has 5 nitrogen and oxygen atoms in total. The largest absolute Gasteiger partial charge is 0.370 e. The molecule has 1 aromatic heterocycles. The average molecular weight is 329 g/mol. The number of rotatable bonds is 6. The maximum absolute atomic E-state index is 8.85. The highest BCUT2D eigenvalue weighted by atomic mass is 15.1. The molecule has 0 radical (unpaired) electrons. The van der Waals surface area contributed by atoms with Crippen LogP contribution in [0.4, 0.5) is 17.5 Å². The molecule has 5 heteroatoms. The van der Waals surface area contributed by atoms with Crippen LogP contribution in [-0.4, -0.2) is 16.5 Å². The predicted octanol–water partition coefficient (Wildman–Crippen LogP) is 4.05. The van der Waals surface area contributed by atoms with Crippen molar-refractivity contribution in [3.05, 3.63) is 77.5 Å². The molecule has 1 heterocycles. The number of nitrogens with one attached hydrogen (secondary N) is 2. The Morgan fingerprint density at radius 1 is 1.00 bits per heavy atom. The quantitative estimate of drug-likeness (QED) is 0.713. The molecule has 124 valence electrons. The Hall–Kier alpha value is -3.39. The first-order valence-corrected chi connectivity index (χ1v) is 8.13. The zero-order valence-corrected chi connectivity index (χ0v) is 14.0. The van der Waals surface area contributed by atoms with Gasteiger partial charge in [0.05, 0.1) is 11.6 Å². The summed E-state index contributed by atoms with van der Waals surface area (Å²) < 4.78 is 0. The van der Waals surface area contributed by atoms with Gasteiger partial charge in [0.1, 0.15) is 5.82 Å². The lowest BCUT2D eigenvalue weighted by Crippen LogP contribution is -2.08. The minimum atomic E-state index is 0.534. The van der Waals surface area contributed by atoms with E-state index in [-0.39, 0.29) is 0 Å². The maximum Gasteiger partial charge on any atom is 0.229 e. The Balaban J connectivity index is 1.64. The third kappa shape index (κ3) is 4.79. The number of hydrogen-bond acceptors (Lipinski definition) is 5. The highest BCUT2D eigenvalue weighted by molar-refractivity contribution is 5.56. The van der Waals surface area contributed by atoms with Crippen molar-refractivity contribution in [2.24, 2.45) is 0 Å². The van der Waals surface area contributed by atoms with E-state index in [1.165, 1.54) is 5.56 Å². The van der Waals surface area contributed by atoms with Gasteiger partial charge in [-0.3, -0.25) is 0 Å². The summed E-state index contributed by atoms with van der Waals surface area (Å²) in [5, 5.41) is 15.4. The second kappa shape index (κ2) is 7.93. The van der Waals surface area contributed by atoms with Crippen molar-refractivity contribution in [2.45, 2.75) is 13.3 Å². The number of nitriles is 1. The first-order valence-electron chi connectivity index (χ1n) is 8.13. The van der Waals surface area contributed by atoms with E-state index in [4.69, 9.17) is 5.26 Å². The number of benzene rings is 2. The van der Waals surface area contributed by atoms with Gasteiger partial charge in [0, 0.05) is 24.0 Å². The van der Waals surface area contributed by atoms with Gasteiger partial charge in [-0.2, -0.15) is 10.2 Å². The Labute approximate surface area is 147 Å². The van der Waals surface area contributed by atoms with Gasteiger partial charge in [-0.1, -0.05) is 30.3 Å². The van der Waals surface area contributed by atoms with E-state index in [1.54, 1.807) is 12.1 Å². The van der Waals surface area contributed by atoms with Crippen molar-refractivity contribution in [1.82, 2.24) is 9.97 Å². The SMILES string of the molecule is Cc1cc(NCCc2ccccc2)nc(Nc2ccc(C#N)cc2)n1. The van der Waals surface area contributed by atoms with Crippen LogP contribution < -0.4 is 10.6 Å². The van der Waals surface area contributed by atoms with Gasteiger partial charge >= 0.3 is 0 Å². The topological polar surface area (TPSA) is 73.6 Å². The second-order valence-corrected chi connectivity index (χ2v) is 5.69. The molecular formula is C20H19N5. The van der Waals surface area contributed by atoms with Crippen LogP contribution in [0.3, 0.4) is 0 Å². The molecule has 0 amide bonds. The highest BCUT2D eigenvalue weighted by Gasteiger charge is 2.03. The zero-order valence-electron chi connectivity index (χ0n) is 14.0. The lowest BCUT2D eigenvalue weighted by molar-refractivity contribution is 0.995. The molecule has 0 spiro atoms. The van der Waals surface area contributed by atoms with Crippen molar-refractivity contribution in [1.29, 1.82) is 5.26 Å². The van der Waals surface area contributed by atoms with Gasteiger partial charge in [0.15, 0.2) is 0 Å². The first-order chi connectivity index (χ1) is 12.2. The van der Waals surface area contributed by atoms with Crippen LogP contribution >= 0.6 is 0 Å². The third-order valence-electron chi connectivity index (χ3n) is 3.69. The third-order valence-corrected chi connectivity index (χ3v) is 3.69. The average Bonchev–Trinajstić information content (AvgIpc) is 2.63. The fraction of sp³-hybridized carbons (Fsp3) is 0.150. The van der Waals surface area contributed by atoms with E-state index in [0.29, 0.717) is 11.5 Å². The predicted molar refractivity (Wildman–Crippen MR) is 99.8 cm³/mol. The van der Waals surface area contributed by atoms with Crippen LogP contribution in [0.15, 0.2) is 60.7 Å². The molecule has 25 heavy (non-hydrogen) atoms. The Bertz CT molecular complexity index is 867. The molecule has 3 aromatic rings. The van der Waals surface area contributed by atoms with Crippen LogP contribution in [0, 0.1) is 18.3 Å². The summed E-state index contributed by atoms with van der Waals surface area (Å²) in [5.74, 6) is 1.33. The van der Waals surface area contributed by atoms with E-state index in [0.717, 1.165) is 30.2 Å². The van der Waals surface area contributed by atoms with Gasteiger partial charge < -0.3 is 10.6 Å². The number of nitrogens with zero attached hydrogens (tertiary/aromatic N) is 3. The first kappa shape index (κ1) is 16.5. The summed E-state index contributed by atoms with van der Waals surface area (Å²) in [6.45, 7) is 2.74. The molecule has 0 aliphatic rings. The van der Waals surface area contributed by atoms with E-state index < -0.39 is 0 Å². The number of hydrogen-bond donors (Lipinski definition) is 2. The molecule has 0 aliphatic heterocycles. The minimum Gasteiger partial charge on any atom is -0.370 e. The van der Waals surface area contributed by atoms with Crippen molar-refractivity contribution in [3.8, 4) is 6.07 Å². The fourth-order valence-electron chi connectivity index (χ4n) is 2.45. The molecule has 0 atom stereocenters. The van der Waals surface area contributed by atoms with E-state index in [1.807, 2.05) is 43.3 Å².